The first-order valence-corrected chi connectivity index (χ1v) is 20.9. The molecule has 1 fully saturated rings. The van der Waals surface area contributed by atoms with Crippen LogP contribution in [0.2, 0.25) is 0 Å². The van der Waals surface area contributed by atoms with E-state index in [-0.39, 0.29) is 17.9 Å². The lowest BCUT2D eigenvalue weighted by Gasteiger charge is -2.43. The van der Waals surface area contributed by atoms with Gasteiger partial charge in [-0.3, -0.25) is 9.29 Å². The Balaban J connectivity index is 1.22. The molecule has 0 bridgehead atoms. The van der Waals surface area contributed by atoms with Gasteiger partial charge in [-0.1, -0.05) is 68.4 Å². The van der Waals surface area contributed by atoms with Gasteiger partial charge in [0, 0.05) is 58.8 Å². The zero-order chi connectivity index (χ0) is 39.9. The molecule has 0 aliphatic carbocycles. The number of aliphatic hydroxyl groups is 1. The Kier molecular flexibility index (Phi) is 11.6. The van der Waals surface area contributed by atoms with Gasteiger partial charge in [0.25, 0.3) is 5.92 Å². The predicted octanol–water partition coefficient (Wildman–Crippen LogP) is 8.35. The SMILES string of the molecule is Cc1ccccc1C(C)(C)[SiH](OCC(F)(F)CN1[C@H](c2c(F)cc(C(O)C3CN(CCCF)C3)cc2F)c2[nH]c3ccc(F)cc3c2C[C@H]1C)c1ccccc1. The molecule has 1 aromatic heterocycles. The van der Waals surface area contributed by atoms with Crippen LogP contribution in [0.25, 0.3) is 10.9 Å². The molecule has 0 saturated carbocycles. The lowest BCUT2D eigenvalue weighted by molar-refractivity contribution is -0.0816. The molecule has 2 unspecified atom stereocenters. The van der Waals surface area contributed by atoms with Gasteiger partial charge in [-0.2, -0.15) is 0 Å². The smallest absolute Gasteiger partial charge is 0.282 e. The van der Waals surface area contributed by atoms with Crippen molar-refractivity contribution in [1.29, 1.82) is 0 Å². The molecule has 56 heavy (non-hydrogen) atoms. The number of aryl methyl sites for hydroxylation is 1. The second kappa shape index (κ2) is 16.1. The number of halogens is 6. The van der Waals surface area contributed by atoms with Crippen LogP contribution in [0.5, 0.6) is 0 Å². The van der Waals surface area contributed by atoms with Crippen molar-refractivity contribution >= 4 is 25.1 Å². The van der Waals surface area contributed by atoms with Crippen LogP contribution >= 0.6 is 0 Å². The third kappa shape index (κ3) is 7.96. The third-order valence-corrected chi connectivity index (χ3v) is 14.9. The monoisotopic (exact) mass is 793 g/mol. The molecule has 2 aliphatic rings. The fraction of sp³-hybridized carbons (Fsp3) is 0.409. The standard InChI is InChI=1S/C44H49F6N3O2Si/c1-27-11-8-9-14-35(27)43(3,4)56(32-12-6-5-7-13-32)55-26-44(49,50)25-53-28(2)19-34-33-22-31(46)15-16-38(33)51-40(34)41(53)39-36(47)20-29(21-37(39)48)42(54)30-23-52(24-30)18-10-17-45/h5-9,11-16,20-22,28,30,41-42,51,54,56H,10,17-19,23-26H2,1-4H3/t28-,41-,42?,56?/m1/s1. The van der Waals surface area contributed by atoms with E-state index in [0.29, 0.717) is 48.2 Å². The quantitative estimate of drug-likeness (QED) is 0.0878. The molecular weight excluding hydrogens is 745 g/mol. The highest BCUT2D eigenvalue weighted by Crippen LogP contribution is 2.45. The van der Waals surface area contributed by atoms with E-state index in [0.717, 1.165) is 28.4 Å². The van der Waals surface area contributed by atoms with E-state index in [4.69, 9.17) is 4.43 Å². The first-order chi connectivity index (χ1) is 26.7. The summed E-state index contributed by atoms with van der Waals surface area (Å²) in [5, 5.41) is 11.9. The van der Waals surface area contributed by atoms with Crippen molar-refractivity contribution < 1.29 is 35.9 Å². The minimum atomic E-state index is -3.45. The maximum absolute atomic E-state index is 16.6. The number of hydrogen-bond donors (Lipinski definition) is 2. The summed E-state index contributed by atoms with van der Waals surface area (Å²) in [5.41, 5.74) is 3.10. The summed E-state index contributed by atoms with van der Waals surface area (Å²) in [5.74, 6) is -6.20. The van der Waals surface area contributed by atoms with Crippen LogP contribution in [-0.4, -0.2) is 80.4 Å². The number of aromatic amines is 1. The highest BCUT2D eigenvalue weighted by Gasteiger charge is 2.46. The Morgan fingerprint density at radius 1 is 0.946 bits per heavy atom. The van der Waals surface area contributed by atoms with Crippen LogP contribution < -0.4 is 5.19 Å². The van der Waals surface area contributed by atoms with Gasteiger partial charge in [0.05, 0.1) is 32.0 Å². The second-order valence-corrected chi connectivity index (χ2v) is 19.4. The number of likely N-dealkylation sites (tertiary alicyclic amines) is 1. The van der Waals surface area contributed by atoms with E-state index in [9.17, 15) is 13.9 Å². The highest BCUT2D eigenvalue weighted by molar-refractivity contribution is 6.70. The number of benzene rings is 4. The molecule has 2 N–H and O–H groups in total. The van der Waals surface area contributed by atoms with Gasteiger partial charge in [0.1, 0.15) is 17.5 Å². The fourth-order valence-electron chi connectivity index (χ4n) is 8.97. The van der Waals surface area contributed by atoms with Crippen LogP contribution in [0.3, 0.4) is 0 Å². The molecule has 4 atom stereocenters. The number of rotatable bonds is 14. The van der Waals surface area contributed by atoms with Gasteiger partial charge >= 0.3 is 0 Å². The van der Waals surface area contributed by atoms with Crippen molar-refractivity contribution in [2.24, 2.45) is 5.92 Å². The summed E-state index contributed by atoms with van der Waals surface area (Å²) in [6.07, 6.45) is -0.574. The largest absolute Gasteiger partial charge is 0.408 e. The number of aliphatic hydroxyl groups excluding tert-OH is 1. The molecule has 5 nitrogen and oxygen atoms in total. The van der Waals surface area contributed by atoms with Crippen LogP contribution in [-0.2, 0) is 15.9 Å². The maximum Gasteiger partial charge on any atom is 0.282 e. The number of fused-ring (bicyclic) bond motifs is 3. The van der Waals surface area contributed by atoms with Crippen LogP contribution in [0, 0.1) is 30.3 Å². The van der Waals surface area contributed by atoms with E-state index in [1.165, 1.54) is 23.1 Å². The van der Waals surface area contributed by atoms with Crippen molar-refractivity contribution in [3.63, 3.8) is 0 Å². The number of nitrogens with one attached hydrogen (secondary N) is 1. The van der Waals surface area contributed by atoms with Gasteiger partial charge in [-0.05, 0) is 84.5 Å². The molecule has 1 saturated heterocycles. The van der Waals surface area contributed by atoms with Crippen LogP contribution in [0.15, 0.2) is 84.9 Å². The van der Waals surface area contributed by atoms with E-state index in [1.54, 1.807) is 6.92 Å². The molecule has 3 heterocycles. The minimum Gasteiger partial charge on any atom is -0.408 e. The van der Waals surface area contributed by atoms with Gasteiger partial charge in [0.15, 0.2) is 0 Å². The lowest BCUT2D eigenvalue weighted by Crippen LogP contribution is -2.54. The zero-order valence-corrected chi connectivity index (χ0v) is 33.3. The molecule has 0 radical (unpaired) electrons. The van der Waals surface area contributed by atoms with E-state index < -0.39 is 81.0 Å². The molecule has 4 aromatic carbocycles. The molecule has 0 spiro atoms. The second-order valence-electron chi connectivity index (χ2n) is 16.2. The van der Waals surface area contributed by atoms with Crippen molar-refractivity contribution in [2.45, 2.75) is 69.7 Å². The summed E-state index contributed by atoms with van der Waals surface area (Å²) >= 11 is 0. The minimum absolute atomic E-state index is 0.0418. The molecule has 2 aliphatic heterocycles. The van der Waals surface area contributed by atoms with Crippen molar-refractivity contribution in [3.05, 3.63) is 136 Å². The Bertz CT molecular complexity index is 2130. The summed E-state index contributed by atoms with van der Waals surface area (Å²) in [6, 6.07) is 21.7. The van der Waals surface area contributed by atoms with E-state index in [2.05, 4.69) is 4.98 Å². The predicted molar refractivity (Wildman–Crippen MR) is 210 cm³/mol. The average molecular weight is 794 g/mol. The lowest BCUT2D eigenvalue weighted by atomic mass is 9.85. The van der Waals surface area contributed by atoms with Crippen LogP contribution in [0.4, 0.5) is 26.3 Å². The van der Waals surface area contributed by atoms with Crippen LogP contribution in [0.1, 0.15) is 72.8 Å². The van der Waals surface area contributed by atoms with E-state index >= 15 is 17.6 Å². The normalized spacial score (nSPS) is 19.6. The number of alkyl halides is 3. The Morgan fingerprint density at radius 3 is 2.30 bits per heavy atom. The van der Waals surface area contributed by atoms with Crippen molar-refractivity contribution in [3.8, 4) is 0 Å². The number of hydrogen-bond acceptors (Lipinski definition) is 4. The summed E-state index contributed by atoms with van der Waals surface area (Å²) in [4.78, 5) is 6.58. The van der Waals surface area contributed by atoms with Crippen molar-refractivity contribution in [2.75, 3.05) is 39.5 Å². The molecule has 12 heteroatoms. The summed E-state index contributed by atoms with van der Waals surface area (Å²) in [6.45, 7) is 7.00. The fourth-order valence-corrected chi connectivity index (χ4v) is 12.0. The summed E-state index contributed by atoms with van der Waals surface area (Å²) < 4.78 is 99.8. The molecule has 298 valence electrons. The average Bonchev–Trinajstić information content (AvgIpc) is 3.49. The van der Waals surface area contributed by atoms with Gasteiger partial charge in [-0.25, -0.2) is 22.0 Å². The highest BCUT2D eigenvalue weighted by atomic mass is 28.3. The third-order valence-electron chi connectivity index (χ3n) is 11.8. The molecular formula is C44H49F6N3O2Si. The zero-order valence-electron chi connectivity index (χ0n) is 32.1. The summed E-state index contributed by atoms with van der Waals surface area (Å²) in [7, 11) is -2.63. The van der Waals surface area contributed by atoms with Crippen molar-refractivity contribution in [1.82, 2.24) is 14.8 Å². The Morgan fingerprint density at radius 2 is 1.62 bits per heavy atom. The Hall–Kier alpha value is -3.94. The van der Waals surface area contributed by atoms with Gasteiger partial charge in [0.2, 0.25) is 9.04 Å². The Labute approximate surface area is 326 Å². The molecule has 5 aromatic rings. The number of nitrogens with zero attached hydrogens (tertiary/aromatic N) is 2. The molecule has 0 amide bonds. The first kappa shape index (κ1) is 40.3. The van der Waals surface area contributed by atoms with E-state index in [1.807, 2.05) is 80.3 Å². The van der Waals surface area contributed by atoms with Gasteiger partial charge in [-0.15, -0.1) is 0 Å². The number of aromatic nitrogens is 1. The topological polar surface area (TPSA) is 51.7 Å². The number of H-pyrrole nitrogens is 1. The van der Waals surface area contributed by atoms with Gasteiger partial charge < -0.3 is 19.4 Å². The first-order valence-electron chi connectivity index (χ1n) is 19.3. The maximum atomic E-state index is 16.6. The molecule has 7 rings (SSSR count).